The van der Waals surface area contributed by atoms with Gasteiger partial charge in [-0.15, -0.1) is 0 Å². The molecule has 4 rings (SSSR count). The third kappa shape index (κ3) is 5.57. The summed E-state index contributed by atoms with van der Waals surface area (Å²) in [4.78, 5) is 6.62. The fraction of sp³-hybridized carbons (Fsp3) is 0.269. The van der Waals surface area contributed by atoms with Gasteiger partial charge in [0.25, 0.3) is 0 Å². The second-order valence-corrected chi connectivity index (χ2v) is 7.77. The number of hydrogen-bond donors (Lipinski definition) is 1. The molecule has 1 heterocycles. The number of rotatable bonds is 9. The lowest BCUT2D eigenvalue weighted by Crippen LogP contribution is -2.25. The number of anilines is 1. The van der Waals surface area contributed by atoms with E-state index in [-0.39, 0.29) is 0 Å². The van der Waals surface area contributed by atoms with Crippen LogP contribution >= 0.6 is 0 Å². The quantitative estimate of drug-likeness (QED) is 0.470. The van der Waals surface area contributed by atoms with Gasteiger partial charge < -0.3 is 20.1 Å². The van der Waals surface area contributed by atoms with Gasteiger partial charge in [0.15, 0.2) is 11.5 Å². The third-order valence-electron chi connectivity index (χ3n) is 5.51. The fourth-order valence-corrected chi connectivity index (χ4v) is 3.67. The Bertz CT molecular complexity index is 1000. The number of hydrogen-bond acceptors (Lipinski definition) is 5. The maximum absolute atomic E-state index is 6.14. The summed E-state index contributed by atoms with van der Waals surface area (Å²) in [5.41, 5.74) is 8.88. The summed E-state index contributed by atoms with van der Waals surface area (Å²) in [6.45, 7) is 5.62. The molecule has 1 aliphatic rings. The molecule has 0 aliphatic carbocycles. The molecule has 5 nitrogen and oxygen atoms in total. The zero-order valence-corrected chi connectivity index (χ0v) is 17.9. The first-order chi connectivity index (χ1) is 15.2. The van der Waals surface area contributed by atoms with Crippen molar-refractivity contribution >= 4 is 12.0 Å². The Kier molecular flexibility index (Phi) is 6.72. The van der Waals surface area contributed by atoms with Gasteiger partial charge in [-0.3, -0.25) is 4.99 Å². The Balaban J connectivity index is 1.40. The Labute approximate surface area is 184 Å². The minimum absolute atomic E-state index is 0.456. The lowest BCUT2D eigenvalue weighted by atomic mass is 9.96. The molecule has 1 aliphatic heterocycles. The van der Waals surface area contributed by atoms with E-state index in [0.29, 0.717) is 24.0 Å². The number of benzene rings is 3. The zero-order chi connectivity index (χ0) is 21.5. The number of ether oxygens (including phenoxy) is 2. The van der Waals surface area contributed by atoms with E-state index in [0.717, 1.165) is 43.1 Å². The van der Waals surface area contributed by atoms with E-state index < -0.39 is 0 Å². The molecule has 5 heteroatoms. The van der Waals surface area contributed by atoms with Crippen LogP contribution in [0.3, 0.4) is 0 Å². The summed E-state index contributed by atoms with van der Waals surface area (Å²) < 4.78 is 12.1. The number of nitrogens with two attached hydrogens (primary N) is 1. The zero-order valence-electron chi connectivity index (χ0n) is 17.9. The van der Waals surface area contributed by atoms with Crippen LogP contribution in [0.1, 0.15) is 30.4 Å². The molecule has 1 unspecified atom stereocenters. The summed E-state index contributed by atoms with van der Waals surface area (Å²) in [5.74, 6) is 2.69. The first kappa shape index (κ1) is 20.8. The molecule has 31 heavy (non-hydrogen) atoms. The number of para-hydroxylation sites is 2. The van der Waals surface area contributed by atoms with Crippen LogP contribution in [0.2, 0.25) is 0 Å². The average molecular weight is 416 g/mol. The standard InChI is InChI=1S/C26H29N3O2/c1-2-21(17-29-16-15-28-19-29)22-9-13-24(14-10-22)31-26-6-4-3-5-25(26)30-18-20-7-11-23(27)12-8-20/h3-14,19,21H,2,15-18,27H2,1H3. The maximum atomic E-state index is 6.14. The Morgan fingerprint density at radius 1 is 0.968 bits per heavy atom. The van der Waals surface area contributed by atoms with Crippen LogP contribution in [-0.4, -0.2) is 30.9 Å². The molecular weight excluding hydrogens is 386 g/mol. The summed E-state index contributed by atoms with van der Waals surface area (Å²) in [7, 11) is 0. The minimum atomic E-state index is 0.456. The first-order valence-corrected chi connectivity index (χ1v) is 10.8. The van der Waals surface area contributed by atoms with Crippen LogP contribution < -0.4 is 15.2 Å². The molecule has 160 valence electrons. The molecule has 3 aromatic rings. The largest absolute Gasteiger partial charge is 0.485 e. The fourth-order valence-electron chi connectivity index (χ4n) is 3.67. The Morgan fingerprint density at radius 3 is 2.39 bits per heavy atom. The van der Waals surface area contributed by atoms with E-state index in [4.69, 9.17) is 15.2 Å². The van der Waals surface area contributed by atoms with Crippen LogP contribution in [0.25, 0.3) is 0 Å². The van der Waals surface area contributed by atoms with E-state index in [2.05, 4.69) is 28.9 Å². The summed E-state index contributed by atoms with van der Waals surface area (Å²) in [6, 6.07) is 23.8. The minimum Gasteiger partial charge on any atom is -0.485 e. The van der Waals surface area contributed by atoms with Crippen LogP contribution in [0.5, 0.6) is 17.2 Å². The van der Waals surface area contributed by atoms with Gasteiger partial charge in [0.05, 0.1) is 12.9 Å². The van der Waals surface area contributed by atoms with Crippen molar-refractivity contribution in [2.75, 3.05) is 25.4 Å². The van der Waals surface area contributed by atoms with Crippen molar-refractivity contribution in [2.24, 2.45) is 4.99 Å². The second kappa shape index (κ2) is 10.0. The smallest absolute Gasteiger partial charge is 0.169 e. The molecule has 0 radical (unpaired) electrons. The van der Waals surface area contributed by atoms with Gasteiger partial charge in [0.1, 0.15) is 12.4 Å². The molecule has 3 aromatic carbocycles. The van der Waals surface area contributed by atoms with E-state index in [1.54, 1.807) is 0 Å². The lowest BCUT2D eigenvalue weighted by molar-refractivity contribution is 0.291. The maximum Gasteiger partial charge on any atom is 0.169 e. The molecule has 0 spiro atoms. The third-order valence-corrected chi connectivity index (χ3v) is 5.51. The van der Waals surface area contributed by atoms with Crippen molar-refractivity contribution < 1.29 is 9.47 Å². The molecule has 0 saturated heterocycles. The van der Waals surface area contributed by atoms with Crippen LogP contribution in [0.15, 0.2) is 77.8 Å². The predicted octanol–water partition coefficient (Wildman–Crippen LogP) is 5.48. The van der Waals surface area contributed by atoms with Crippen molar-refractivity contribution in [1.29, 1.82) is 0 Å². The van der Waals surface area contributed by atoms with Crippen molar-refractivity contribution in [3.8, 4) is 17.2 Å². The van der Waals surface area contributed by atoms with E-state index in [1.165, 1.54) is 5.56 Å². The highest BCUT2D eigenvalue weighted by molar-refractivity contribution is 5.57. The van der Waals surface area contributed by atoms with Gasteiger partial charge in [-0.1, -0.05) is 43.3 Å². The van der Waals surface area contributed by atoms with Crippen molar-refractivity contribution in [3.05, 3.63) is 83.9 Å². The molecule has 0 amide bonds. The summed E-state index contributed by atoms with van der Waals surface area (Å²) in [5, 5.41) is 0. The molecule has 1 atom stereocenters. The second-order valence-electron chi connectivity index (χ2n) is 7.77. The molecule has 0 bridgehead atoms. The van der Waals surface area contributed by atoms with E-state index >= 15 is 0 Å². The van der Waals surface area contributed by atoms with Gasteiger partial charge in [0, 0.05) is 24.7 Å². The molecule has 2 N–H and O–H groups in total. The highest BCUT2D eigenvalue weighted by atomic mass is 16.5. The molecule has 0 fully saturated rings. The van der Waals surface area contributed by atoms with Crippen LogP contribution in [-0.2, 0) is 6.61 Å². The van der Waals surface area contributed by atoms with Gasteiger partial charge in [-0.2, -0.15) is 0 Å². The number of nitrogens with zero attached hydrogens (tertiary/aromatic N) is 2. The topological polar surface area (TPSA) is 60.1 Å². The lowest BCUT2D eigenvalue weighted by Gasteiger charge is -2.22. The summed E-state index contributed by atoms with van der Waals surface area (Å²) >= 11 is 0. The molecular formula is C26H29N3O2. The normalized spacial score (nSPS) is 13.9. The highest BCUT2D eigenvalue weighted by Crippen LogP contribution is 2.33. The highest BCUT2D eigenvalue weighted by Gasteiger charge is 2.15. The van der Waals surface area contributed by atoms with Gasteiger partial charge in [-0.25, -0.2) is 0 Å². The number of aliphatic imine (C=N–C) groups is 1. The van der Waals surface area contributed by atoms with Gasteiger partial charge in [0.2, 0.25) is 0 Å². The van der Waals surface area contributed by atoms with E-state index in [1.807, 2.05) is 67.0 Å². The summed E-state index contributed by atoms with van der Waals surface area (Å²) in [6.07, 6.45) is 3.06. The van der Waals surface area contributed by atoms with Gasteiger partial charge in [-0.05, 0) is 53.9 Å². The predicted molar refractivity (Wildman–Crippen MR) is 126 cm³/mol. The SMILES string of the molecule is CCC(CN1C=NCC1)c1ccc(Oc2ccccc2OCc2ccc(N)cc2)cc1. The van der Waals surface area contributed by atoms with Crippen LogP contribution in [0, 0.1) is 0 Å². The van der Waals surface area contributed by atoms with E-state index in [9.17, 15) is 0 Å². The Hall–Kier alpha value is -3.47. The molecule has 0 saturated carbocycles. The first-order valence-electron chi connectivity index (χ1n) is 10.8. The van der Waals surface area contributed by atoms with Crippen molar-refractivity contribution in [3.63, 3.8) is 0 Å². The monoisotopic (exact) mass is 415 g/mol. The van der Waals surface area contributed by atoms with Gasteiger partial charge >= 0.3 is 0 Å². The molecule has 0 aromatic heterocycles. The van der Waals surface area contributed by atoms with Crippen molar-refractivity contribution in [1.82, 2.24) is 4.90 Å². The number of nitrogen functional groups attached to an aromatic ring is 1. The Morgan fingerprint density at radius 2 is 1.71 bits per heavy atom. The average Bonchev–Trinajstić information content (AvgIpc) is 3.32. The van der Waals surface area contributed by atoms with Crippen LogP contribution in [0.4, 0.5) is 5.69 Å². The van der Waals surface area contributed by atoms with Crippen molar-refractivity contribution in [2.45, 2.75) is 25.9 Å².